The van der Waals surface area contributed by atoms with E-state index in [9.17, 15) is 4.79 Å². The molecule has 1 aromatic heterocycles. The first-order valence-corrected chi connectivity index (χ1v) is 7.81. The van der Waals surface area contributed by atoms with Gasteiger partial charge in [-0.15, -0.1) is 24.0 Å². The van der Waals surface area contributed by atoms with Gasteiger partial charge in [-0.2, -0.15) is 5.10 Å². The average Bonchev–Trinajstić information content (AvgIpc) is 2.89. The lowest BCUT2D eigenvalue weighted by atomic mass is 9.95. The van der Waals surface area contributed by atoms with Crippen LogP contribution >= 0.6 is 24.0 Å². The van der Waals surface area contributed by atoms with Gasteiger partial charge in [-0.25, -0.2) is 0 Å². The first-order chi connectivity index (χ1) is 10.6. The number of piperidine rings is 1. The fourth-order valence-corrected chi connectivity index (χ4v) is 2.91. The molecule has 1 aromatic rings. The first-order valence-electron chi connectivity index (χ1n) is 7.81. The molecule has 1 aliphatic rings. The molecule has 0 aliphatic carbocycles. The Bertz CT molecular complexity index is 530. The number of guanidine groups is 1. The Balaban J connectivity index is 0.00000264. The monoisotopic (exact) mass is 434 g/mol. The number of likely N-dealkylation sites (tertiary alicyclic amines) is 1. The van der Waals surface area contributed by atoms with Crippen LogP contribution in [0.4, 0.5) is 0 Å². The number of nitrogens with zero attached hydrogens (tertiary/aromatic N) is 4. The lowest BCUT2D eigenvalue weighted by molar-refractivity contribution is -0.119. The second-order valence-electron chi connectivity index (χ2n) is 5.88. The van der Waals surface area contributed by atoms with E-state index < -0.39 is 0 Å². The number of rotatable bonds is 5. The molecule has 0 saturated carbocycles. The second-order valence-corrected chi connectivity index (χ2v) is 5.88. The van der Waals surface area contributed by atoms with Gasteiger partial charge in [-0.3, -0.25) is 14.5 Å². The highest BCUT2D eigenvalue weighted by Gasteiger charge is 2.23. The van der Waals surface area contributed by atoms with E-state index in [4.69, 9.17) is 5.73 Å². The molecule has 0 spiro atoms. The predicted molar refractivity (Wildman–Crippen MR) is 102 cm³/mol. The van der Waals surface area contributed by atoms with Crippen LogP contribution < -0.4 is 11.1 Å². The summed E-state index contributed by atoms with van der Waals surface area (Å²) in [5.41, 5.74) is 6.47. The molecule has 1 saturated heterocycles. The Morgan fingerprint density at radius 2 is 2.35 bits per heavy atom. The third kappa shape index (κ3) is 6.36. The van der Waals surface area contributed by atoms with Gasteiger partial charge < -0.3 is 16.0 Å². The number of nitrogens with one attached hydrogen (secondary N) is 1. The van der Waals surface area contributed by atoms with Crippen LogP contribution in [0, 0.1) is 12.8 Å². The zero-order valence-corrected chi connectivity index (χ0v) is 16.2. The maximum absolute atomic E-state index is 11.1. The standard InChI is InChI=1S/C15H26N6O.HI/c1-12-9-19-21(10-12)7-5-18-15(17-2)20-6-3-4-13(11-20)8-14(16)22;/h9-10,13H,3-8,11H2,1-2H3,(H2,16,22)(H,17,18);1H. The summed E-state index contributed by atoms with van der Waals surface area (Å²) in [5, 5.41) is 7.64. The van der Waals surface area contributed by atoms with E-state index in [-0.39, 0.29) is 29.9 Å². The van der Waals surface area contributed by atoms with Crippen molar-refractivity contribution in [1.29, 1.82) is 0 Å². The summed E-state index contributed by atoms with van der Waals surface area (Å²) in [4.78, 5) is 17.7. The molecule has 1 atom stereocenters. The minimum atomic E-state index is -0.219. The molecule has 1 fully saturated rings. The van der Waals surface area contributed by atoms with Crippen molar-refractivity contribution in [3.63, 3.8) is 0 Å². The molecule has 2 heterocycles. The highest BCUT2D eigenvalue weighted by molar-refractivity contribution is 14.0. The van der Waals surface area contributed by atoms with Crippen molar-refractivity contribution in [3.8, 4) is 0 Å². The lowest BCUT2D eigenvalue weighted by Gasteiger charge is -2.34. The summed E-state index contributed by atoms with van der Waals surface area (Å²) in [5.74, 6) is 1.00. The maximum Gasteiger partial charge on any atom is 0.217 e. The molecular formula is C15H27IN6O. The van der Waals surface area contributed by atoms with Gasteiger partial charge in [-0.1, -0.05) is 0 Å². The molecule has 0 bridgehead atoms. The molecule has 7 nitrogen and oxygen atoms in total. The molecule has 8 heteroatoms. The Labute approximate surface area is 154 Å². The third-order valence-electron chi connectivity index (χ3n) is 3.91. The van der Waals surface area contributed by atoms with Crippen LogP contribution in [0.15, 0.2) is 17.4 Å². The van der Waals surface area contributed by atoms with Crippen LogP contribution in [-0.4, -0.2) is 53.2 Å². The number of aliphatic imine (C=N–C) groups is 1. The number of aryl methyl sites for hydroxylation is 1. The van der Waals surface area contributed by atoms with E-state index in [1.165, 1.54) is 0 Å². The van der Waals surface area contributed by atoms with Crippen molar-refractivity contribution in [2.45, 2.75) is 32.7 Å². The SMILES string of the molecule is CN=C(NCCn1cc(C)cn1)N1CCCC(CC(N)=O)C1.I. The van der Waals surface area contributed by atoms with E-state index in [1.807, 2.05) is 24.0 Å². The summed E-state index contributed by atoms with van der Waals surface area (Å²) in [6.07, 6.45) is 6.46. The summed E-state index contributed by atoms with van der Waals surface area (Å²) in [6, 6.07) is 0. The summed E-state index contributed by atoms with van der Waals surface area (Å²) < 4.78 is 1.92. The molecule has 3 N–H and O–H groups in total. The Hall–Kier alpha value is -1.32. The quantitative estimate of drug-likeness (QED) is 0.411. The highest BCUT2D eigenvalue weighted by atomic mass is 127. The van der Waals surface area contributed by atoms with Crippen LogP contribution in [0.1, 0.15) is 24.8 Å². The van der Waals surface area contributed by atoms with Gasteiger partial charge in [0.25, 0.3) is 0 Å². The van der Waals surface area contributed by atoms with Gasteiger partial charge >= 0.3 is 0 Å². The van der Waals surface area contributed by atoms with Crippen molar-refractivity contribution in [1.82, 2.24) is 20.0 Å². The zero-order valence-electron chi connectivity index (χ0n) is 13.9. The second kappa shape index (κ2) is 9.74. The van der Waals surface area contributed by atoms with Crippen molar-refractivity contribution in [3.05, 3.63) is 18.0 Å². The largest absolute Gasteiger partial charge is 0.370 e. The maximum atomic E-state index is 11.1. The minimum Gasteiger partial charge on any atom is -0.370 e. The van der Waals surface area contributed by atoms with E-state index in [0.29, 0.717) is 12.3 Å². The molecule has 130 valence electrons. The number of primary amides is 1. The number of hydrogen-bond acceptors (Lipinski definition) is 3. The predicted octanol–water partition coefficient (Wildman–Crippen LogP) is 0.972. The molecule has 1 unspecified atom stereocenters. The Kier molecular flexibility index (Phi) is 8.35. The van der Waals surface area contributed by atoms with Crippen molar-refractivity contribution < 1.29 is 4.79 Å². The van der Waals surface area contributed by atoms with Crippen LogP contribution in [0.2, 0.25) is 0 Å². The van der Waals surface area contributed by atoms with E-state index in [2.05, 4.69) is 20.3 Å². The lowest BCUT2D eigenvalue weighted by Crippen LogP contribution is -2.47. The fourth-order valence-electron chi connectivity index (χ4n) is 2.91. The topological polar surface area (TPSA) is 88.5 Å². The molecule has 2 rings (SSSR count). The van der Waals surface area contributed by atoms with Gasteiger partial charge in [0.2, 0.25) is 5.91 Å². The molecule has 23 heavy (non-hydrogen) atoms. The number of hydrogen-bond donors (Lipinski definition) is 2. The Morgan fingerprint density at radius 3 is 2.96 bits per heavy atom. The normalized spacial score (nSPS) is 18.4. The number of carbonyl (C=O) groups is 1. The average molecular weight is 434 g/mol. The smallest absolute Gasteiger partial charge is 0.217 e. The number of carbonyl (C=O) groups excluding carboxylic acids is 1. The number of nitrogens with two attached hydrogens (primary N) is 1. The van der Waals surface area contributed by atoms with Gasteiger partial charge in [0, 0.05) is 39.3 Å². The van der Waals surface area contributed by atoms with E-state index in [0.717, 1.165) is 50.5 Å². The fraction of sp³-hybridized carbons (Fsp3) is 0.667. The van der Waals surface area contributed by atoms with Crippen LogP contribution in [-0.2, 0) is 11.3 Å². The summed E-state index contributed by atoms with van der Waals surface area (Å²) in [7, 11) is 1.79. The zero-order chi connectivity index (χ0) is 15.9. The number of amides is 1. The van der Waals surface area contributed by atoms with E-state index >= 15 is 0 Å². The van der Waals surface area contributed by atoms with Crippen molar-refractivity contribution in [2.24, 2.45) is 16.6 Å². The van der Waals surface area contributed by atoms with E-state index in [1.54, 1.807) is 7.05 Å². The van der Waals surface area contributed by atoms with Crippen molar-refractivity contribution >= 4 is 35.8 Å². The van der Waals surface area contributed by atoms with Crippen LogP contribution in [0.3, 0.4) is 0 Å². The van der Waals surface area contributed by atoms with Gasteiger partial charge in [0.15, 0.2) is 5.96 Å². The first kappa shape index (κ1) is 19.7. The van der Waals surface area contributed by atoms with Gasteiger partial charge in [0.05, 0.1) is 12.7 Å². The third-order valence-corrected chi connectivity index (χ3v) is 3.91. The van der Waals surface area contributed by atoms with Gasteiger partial charge in [0.1, 0.15) is 0 Å². The molecule has 1 amide bonds. The molecule has 0 aromatic carbocycles. The number of aromatic nitrogens is 2. The molecule has 0 radical (unpaired) electrons. The van der Waals surface area contributed by atoms with Gasteiger partial charge in [-0.05, 0) is 31.2 Å². The highest BCUT2D eigenvalue weighted by Crippen LogP contribution is 2.19. The summed E-state index contributed by atoms with van der Waals surface area (Å²) >= 11 is 0. The molecule has 1 aliphatic heterocycles. The summed E-state index contributed by atoms with van der Waals surface area (Å²) in [6.45, 7) is 5.40. The number of halogens is 1. The minimum absolute atomic E-state index is 0. The van der Waals surface area contributed by atoms with Crippen LogP contribution in [0.5, 0.6) is 0 Å². The van der Waals surface area contributed by atoms with Crippen LogP contribution in [0.25, 0.3) is 0 Å². The van der Waals surface area contributed by atoms with Crippen molar-refractivity contribution in [2.75, 3.05) is 26.7 Å². The molecular weight excluding hydrogens is 407 g/mol. The Morgan fingerprint density at radius 1 is 1.57 bits per heavy atom.